The van der Waals surface area contributed by atoms with Gasteiger partial charge >= 0.3 is 0 Å². The van der Waals surface area contributed by atoms with Gasteiger partial charge in [-0.05, 0) is 50.5 Å². The fourth-order valence-electron chi connectivity index (χ4n) is 3.92. The fraction of sp³-hybridized carbons (Fsp3) is 0.357. The van der Waals surface area contributed by atoms with Crippen molar-refractivity contribution in [1.82, 2.24) is 24.8 Å². The van der Waals surface area contributed by atoms with Gasteiger partial charge in [-0.15, -0.1) is 5.10 Å². The molecule has 0 bridgehead atoms. The van der Waals surface area contributed by atoms with Crippen LogP contribution in [0.5, 0.6) is 5.75 Å². The highest BCUT2D eigenvalue weighted by Crippen LogP contribution is 2.22. The van der Waals surface area contributed by atoms with Crippen molar-refractivity contribution in [2.45, 2.75) is 57.9 Å². The van der Waals surface area contributed by atoms with Gasteiger partial charge in [-0.25, -0.2) is 9.36 Å². The van der Waals surface area contributed by atoms with E-state index in [0.717, 1.165) is 11.1 Å². The van der Waals surface area contributed by atoms with Gasteiger partial charge in [0.2, 0.25) is 0 Å². The maximum Gasteiger partial charge on any atom is 0.297 e. The summed E-state index contributed by atoms with van der Waals surface area (Å²) < 4.78 is 44.1. The van der Waals surface area contributed by atoms with E-state index in [4.69, 9.17) is 25.3 Å². The summed E-state index contributed by atoms with van der Waals surface area (Å²) in [6.07, 6.45) is 3.21. The Morgan fingerprint density at radius 1 is 1.00 bits per heavy atom. The van der Waals surface area contributed by atoms with Gasteiger partial charge in [0.25, 0.3) is 15.7 Å². The monoisotopic (exact) mass is 601 g/mol. The van der Waals surface area contributed by atoms with Crippen molar-refractivity contribution in [3.63, 3.8) is 0 Å². The fourth-order valence-corrected chi connectivity index (χ4v) is 5.23. The molecule has 0 aliphatic carbocycles. The van der Waals surface area contributed by atoms with Crippen LogP contribution in [0.25, 0.3) is 0 Å². The summed E-state index contributed by atoms with van der Waals surface area (Å²) in [5.41, 5.74) is 2.15. The van der Waals surface area contributed by atoms with Crippen molar-refractivity contribution in [2.75, 3.05) is 13.2 Å². The van der Waals surface area contributed by atoms with Crippen molar-refractivity contribution in [1.29, 1.82) is 0 Å². The van der Waals surface area contributed by atoms with Crippen LogP contribution in [0.3, 0.4) is 0 Å². The highest BCUT2D eigenvalue weighted by Gasteiger charge is 2.20. The molecule has 0 unspecified atom stereocenters. The van der Waals surface area contributed by atoms with E-state index in [0.29, 0.717) is 17.8 Å². The van der Waals surface area contributed by atoms with Gasteiger partial charge in [-0.2, -0.15) is 13.5 Å². The van der Waals surface area contributed by atoms with Crippen LogP contribution >= 0.6 is 11.6 Å². The number of rotatable bonds is 12. The Balaban J connectivity index is 1.26. The molecule has 0 aliphatic heterocycles. The molecule has 41 heavy (non-hydrogen) atoms. The highest BCUT2D eigenvalue weighted by molar-refractivity contribution is 7.86. The number of halogens is 1. The molecule has 0 fully saturated rings. The third-order valence-electron chi connectivity index (χ3n) is 5.92. The van der Waals surface area contributed by atoms with Gasteiger partial charge in [0.05, 0.1) is 49.2 Å². The smallest absolute Gasteiger partial charge is 0.297 e. The molecular weight excluding hydrogens is 570 g/mol. The lowest BCUT2D eigenvalue weighted by molar-refractivity contribution is 0.0887. The van der Waals surface area contributed by atoms with Crippen molar-refractivity contribution < 1.29 is 22.1 Å². The van der Waals surface area contributed by atoms with E-state index in [1.807, 2.05) is 45.0 Å². The number of aryl methyl sites for hydroxylation is 1. The van der Waals surface area contributed by atoms with E-state index in [1.54, 1.807) is 36.0 Å². The van der Waals surface area contributed by atoms with Crippen LogP contribution in [-0.4, -0.2) is 46.4 Å². The minimum atomic E-state index is -3.85. The number of ether oxygens (including phenoxy) is 2. The summed E-state index contributed by atoms with van der Waals surface area (Å²) >= 11 is 6.26. The molecule has 4 rings (SSSR count). The summed E-state index contributed by atoms with van der Waals surface area (Å²) in [7, 11) is -3.85. The zero-order chi connectivity index (χ0) is 29.6. The summed E-state index contributed by atoms with van der Waals surface area (Å²) in [5.74, 6) is 0.224. The molecule has 0 spiro atoms. The SMILES string of the molecule is Cc1ccccc1S(=O)(=O)OCCOCc1cn(Cc2cccc(COc3cnn(C(C)(C)C)c(=O)c3Cl)c2)nn1. The number of hydrogen-bond acceptors (Lipinski definition) is 9. The van der Waals surface area contributed by atoms with E-state index in [9.17, 15) is 13.2 Å². The summed E-state index contributed by atoms with van der Waals surface area (Å²) in [6.45, 7) is 8.10. The van der Waals surface area contributed by atoms with Gasteiger partial charge in [-0.1, -0.05) is 59.3 Å². The van der Waals surface area contributed by atoms with Crippen LogP contribution in [0.15, 0.2) is 70.6 Å². The van der Waals surface area contributed by atoms with Crippen LogP contribution in [-0.2, 0) is 44.3 Å². The lowest BCUT2D eigenvalue weighted by Crippen LogP contribution is -2.36. The molecule has 0 amide bonds. The Morgan fingerprint density at radius 3 is 2.51 bits per heavy atom. The first-order valence-electron chi connectivity index (χ1n) is 12.8. The normalized spacial score (nSPS) is 12.0. The van der Waals surface area contributed by atoms with Crippen LogP contribution in [0.4, 0.5) is 0 Å². The molecule has 0 aliphatic rings. The molecule has 11 nitrogen and oxygen atoms in total. The number of nitrogens with zero attached hydrogens (tertiary/aromatic N) is 5. The van der Waals surface area contributed by atoms with Gasteiger partial charge in [0, 0.05) is 0 Å². The quantitative estimate of drug-likeness (QED) is 0.174. The summed E-state index contributed by atoms with van der Waals surface area (Å²) in [6, 6.07) is 14.4. The predicted octanol–water partition coefficient (Wildman–Crippen LogP) is 4.10. The van der Waals surface area contributed by atoms with E-state index >= 15 is 0 Å². The van der Waals surface area contributed by atoms with E-state index in [-0.39, 0.29) is 42.1 Å². The molecule has 2 aromatic carbocycles. The molecule has 0 saturated heterocycles. The van der Waals surface area contributed by atoms with Gasteiger partial charge < -0.3 is 9.47 Å². The third-order valence-corrected chi connectivity index (χ3v) is 7.74. The molecule has 218 valence electrons. The predicted molar refractivity (Wildman–Crippen MR) is 152 cm³/mol. The van der Waals surface area contributed by atoms with Crippen molar-refractivity contribution >= 4 is 21.7 Å². The average Bonchev–Trinajstić information content (AvgIpc) is 3.36. The van der Waals surface area contributed by atoms with E-state index < -0.39 is 21.2 Å². The first kappa shape index (κ1) is 30.4. The maximum absolute atomic E-state index is 12.5. The summed E-state index contributed by atoms with van der Waals surface area (Å²) in [4.78, 5) is 12.7. The van der Waals surface area contributed by atoms with Crippen LogP contribution < -0.4 is 10.3 Å². The van der Waals surface area contributed by atoms with Crippen molar-refractivity contribution in [3.8, 4) is 5.75 Å². The van der Waals surface area contributed by atoms with Crippen LogP contribution in [0.1, 0.15) is 43.2 Å². The maximum atomic E-state index is 12.5. The lowest BCUT2D eigenvalue weighted by Gasteiger charge is -2.21. The Bertz CT molecular complexity index is 1660. The topological polar surface area (TPSA) is 127 Å². The average molecular weight is 602 g/mol. The molecule has 0 N–H and O–H groups in total. The Labute approximate surface area is 243 Å². The largest absolute Gasteiger partial charge is 0.485 e. The second kappa shape index (κ2) is 12.9. The molecule has 13 heteroatoms. The Hall–Kier alpha value is -3.58. The number of aromatic nitrogens is 5. The Kier molecular flexibility index (Phi) is 9.59. The molecule has 2 aromatic heterocycles. The first-order chi connectivity index (χ1) is 19.4. The van der Waals surface area contributed by atoms with E-state index in [1.165, 1.54) is 16.9 Å². The van der Waals surface area contributed by atoms with E-state index in [2.05, 4.69) is 15.4 Å². The Morgan fingerprint density at radius 2 is 1.76 bits per heavy atom. The number of hydrogen-bond donors (Lipinski definition) is 0. The zero-order valence-electron chi connectivity index (χ0n) is 23.3. The number of benzene rings is 2. The molecular formula is C28H32ClN5O6S. The van der Waals surface area contributed by atoms with Gasteiger partial charge in [0.15, 0.2) is 10.8 Å². The molecule has 0 atom stereocenters. The van der Waals surface area contributed by atoms with Crippen LogP contribution in [0.2, 0.25) is 5.02 Å². The van der Waals surface area contributed by atoms with Gasteiger partial charge in [0.1, 0.15) is 12.3 Å². The molecule has 2 heterocycles. The summed E-state index contributed by atoms with van der Waals surface area (Å²) in [5, 5.41) is 12.4. The molecule has 0 saturated carbocycles. The second-order valence-electron chi connectivity index (χ2n) is 10.3. The minimum absolute atomic E-state index is 0.0112. The van der Waals surface area contributed by atoms with Crippen LogP contribution in [0, 0.1) is 6.92 Å². The standard InChI is InChI=1S/C28H32ClN5O6S/c1-20-8-5-6-11-25(20)41(36,37)40-13-12-38-19-23-17-33(32-31-23)16-21-9-7-10-22(14-21)18-39-24-15-30-34(28(2,3)4)27(35)26(24)29/h5-11,14-15,17H,12-13,16,18-19H2,1-4H3. The zero-order valence-corrected chi connectivity index (χ0v) is 24.9. The molecule has 4 aromatic rings. The van der Waals surface area contributed by atoms with Crippen molar-refractivity contribution in [3.05, 3.63) is 98.7 Å². The first-order valence-corrected chi connectivity index (χ1v) is 14.6. The van der Waals surface area contributed by atoms with Crippen molar-refractivity contribution in [2.24, 2.45) is 0 Å². The lowest BCUT2D eigenvalue weighted by atomic mass is 10.1. The van der Waals surface area contributed by atoms with Gasteiger partial charge in [-0.3, -0.25) is 8.98 Å². The third kappa shape index (κ3) is 8.00. The second-order valence-corrected chi connectivity index (χ2v) is 12.3. The highest BCUT2D eigenvalue weighted by atomic mass is 35.5. The molecule has 0 radical (unpaired) electrons. The minimum Gasteiger partial charge on any atom is -0.485 e.